The monoisotopic (exact) mass is 404 g/mol. The number of ether oxygens (including phenoxy) is 1. The fourth-order valence-electron chi connectivity index (χ4n) is 3.02. The Morgan fingerprint density at radius 2 is 2.00 bits per heavy atom. The maximum atomic E-state index is 12.5. The number of rotatable bonds is 9. The first-order chi connectivity index (χ1) is 13.7. The minimum atomic E-state index is -0.731. The summed E-state index contributed by atoms with van der Waals surface area (Å²) >= 11 is 0. The molecule has 0 saturated carbocycles. The van der Waals surface area contributed by atoms with Gasteiger partial charge >= 0.3 is 0 Å². The molecule has 1 heterocycles. The number of aromatic hydroxyl groups is 2. The summed E-state index contributed by atoms with van der Waals surface area (Å²) in [7, 11) is 5.33. The van der Waals surface area contributed by atoms with Crippen molar-refractivity contribution in [3.05, 3.63) is 51.6 Å². The molecule has 0 fully saturated rings. The molecule has 8 nitrogen and oxygen atoms in total. The average molecular weight is 404 g/mol. The van der Waals surface area contributed by atoms with Crippen LogP contribution in [0.25, 0.3) is 0 Å². The van der Waals surface area contributed by atoms with E-state index in [0.717, 1.165) is 13.0 Å². The van der Waals surface area contributed by atoms with Crippen molar-refractivity contribution in [2.45, 2.75) is 25.7 Å². The first kappa shape index (κ1) is 22.3. The predicted molar refractivity (Wildman–Crippen MR) is 109 cm³/mol. The quantitative estimate of drug-likeness (QED) is 0.548. The largest absolute Gasteiger partial charge is 0.504 e. The minimum absolute atomic E-state index is 0.00573. The summed E-state index contributed by atoms with van der Waals surface area (Å²) in [5, 5.41) is 23.0. The Hall–Kier alpha value is -3.00. The Morgan fingerprint density at radius 3 is 2.66 bits per heavy atom. The molecule has 29 heavy (non-hydrogen) atoms. The summed E-state index contributed by atoms with van der Waals surface area (Å²) in [5.74, 6) is -1.02. The van der Waals surface area contributed by atoms with Gasteiger partial charge in [-0.1, -0.05) is 6.07 Å². The lowest BCUT2D eigenvalue weighted by atomic mass is 9.91. The number of hydrogen-bond donors (Lipinski definition) is 3. The van der Waals surface area contributed by atoms with Crippen LogP contribution in [-0.2, 0) is 4.79 Å². The third-order valence-electron chi connectivity index (χ3n) is 4.49. The second kappa shape index (κ2) is 9.97. The van der Waals surface area contributed by atoms with Crippen LogP contribution in [0.4, 0.5) is 0 Å². The molecule has 0 unspecified atom stereocenters. The van der Waals surface area contributed by atoms with Crippen molar-refractivity contribution in [2.75, 3.05) is 34.3 Å². The number of amides is 1. The topological polar surface area (TPSA) is 112 Å². The van der Waals surface area contributed by atoms with E-state index >= 15 is 0 Å². The smallest absolute Gasteiger partial charge is 0.227 e. The van der Waals surface area contributed by atoms with E-state index in [0.29, 0.717) is 17.9 Å². The Kier molecular flexibility index (Phi) is 7.67. The lowest BCUT2D eigenvalue weighted by Gasteiger charge is -2.19. The van der Waals surface area contributed by atoms with Gasteiger partial charge in [-0.2, -0.15) is 0 Å². The van der Waals surface area contributed by atoms with Gasteiger partial charge in [0.25, 0.3) is 0 Å². The highest BCUT2D eigenvalue weighted by atomic mass is 16.5. The summed E-state index contributed by atoms with van der Waals surface area (Å²) in [6.45, 7) is 2.94. The van der Waals surface area contributed by atoms with Crippen molar-refractivity contribution in [3.63, 3.8) is 0 Å². The fourth-order valence-corrected chi connectivity index (χ4v) is 3.02. The summed E-state index contributed by atoms with van der Waals surface area (Å²) in [6, 6.07) is 5.78. The van der Waals surface area contributed by atoms with Gasteiger partial charge in [-0.25, -0.2) is 0 Å². The second-order valence-corrected chi connectivity index (χ2v) is 7.13. The molecule has 0 spiro atoms. The number of benzene rings is 1. The van der Waals surface area contributed by atoms with Crippen LogP contribution in [0, 0.1) is 6.92 Å². The van der Waals surface area contributed by atoms with Gasteiger partial charge in [0.05, 0.1) is 13.0 Å². The standard InChI is InChI=1S/C21H28N2O6/c1-13-10-17(25)20(27)21(29-13)15(12-19(26)22-8-5-9-23(2)3)14-6-7-16(24)18(11-14)28-4/h6-7,10-11,15,24,27H,5,8-9,12H2,1-4H3,(H,22,26)/t15-/m1/s1. The number of nitrogens with one attached hydrogen (secondary N) is 1. The molecule has 0 bridgehead atoms. The van der Waals surface area contributed by atoms with Gasteiger partial charge in [0, 0.05) is 19.0 Å². The van der Waals surface area contributed by atoms with Crippen LogP contribution >= 0.6 is 0 Å². The molecule has 0 aliphatic heterocycles. The molecule has 0 aliphatic rings. The van der Waals surface area contributed by atoms with E-state index in [9.17, 15) is 19.8 Å². The lowest BCUT2D eigenvalue weighted by Crippen LogP contribution is -2.28. The van der Waals surface area contributed by atoms with E-state index in [4.69, 9.17) is 9.15 Å². The molecule has 1 amide bonds. The Morgan fingerprint density at radius 1 is 1.28 bits per heavy atom. The zero-order valence-electron chi connectivity index (χ0n) is 17.2. The first-order valence-corrected chi connectivity index (χ1v) is 9.34. The number of nitrogens with zero attached hydrogens (tertiary/aromatic N) is 1. The zero-order valence-corrected chi connectivity index (χ0v) is 17.2. The maximum Gasteiger partial charge on any atom is 0.227 e. The predicted octanol–water partition coefficient (Wildman–Crippen LogP) is 1.96. The molecule has 1 aromatic heterocycles. The number of carbonyl (C=O) groups excluding carboxylic acids is 1. The summed E-state index contributed by atoms with van der Waals surface area (Å²) < 4.78 is 10.8. The molecule has 0 saturated heterocycles. The van der Waals surface area contributed by atoms with Gasteiger partial charge in [0.2, 0.25) is 17.1 Å². The van der Waals surface area contributed by atoms with E-state index in [-0.39, 0.29) is 29.6 Å². The van der Waals surface area contributed by atoms with Gasteiger partial charge in [-0.15, -0.1) is 0 Å². The van der Waals surface area contributed by atoms with Gasteiger partial charge in [-0.3, -0.25) is 9.59 Å². The Balaban J connectivity index is 2.34. The van der Waals surface area contributed by atoms with Crippen LogP contribution in [0.1, 0.15) is 35.8 Å². The number of carbonyl (C=O) groups is 1. The third-order valence-corrected chi connectivity index (χ3v) is 4.49. The highest BCUT2D eigenvalue weighted by molar-refractivity contribution is 5.77. The van der Waals surface area contributed by atoms with Crippen molar-refractivity contribution in [3.8, 4) is 17.2 Å². The average Bonchev–Trinajstić information content (AvgIpc) is 2.66. The molecular weight excluding hydrogens is 376 g/mol. The van der Waals surface area contributed by atoms with Gasteiger partial charge in [-0.05, 0) is 51.7 Å². The lowest BCUT2D eigenvalue weighted by molar-refractivity contribution is -0.121. The van der Waals surface area contributed by atoms with Crippen LogP contribution in [0.15, 0.2) is 33.5 Å². The second-order valence-electron chi connectivity index (χ2n) is 7.13. The van der Waals surface area contributed by atoms with Crippen molar-refractivity contribution >= 4 is 5.91 Å². The number of methoxy groups -OCH3 is 1. The molecule has 2 aromatic rings. The Bertz CT molecular complexity index is 907. The van der Waals surface area contributed by atoms with Crippen molar-refractivity contribution < 1.29 is 24.2 Å². The summed E-state index contributed by atoms with van der Waals surface area (Å²) in [6.07, 6.45) is 0.747. The van der Waals surface area contributed by atoms with Crippen molar-refractivity contribution in [1.29, 1.82) is 0 Å². The van der Waals surface area contributed by atoms with Crippen molar-refractivity contribution in [2.24, 2.45) is 0 Å². The summed E-state index contributed by atoms with van der Waals surface area (Å²) in [5.41, 5.74) is -0.0157. The molecule has 0 aliphatic carbocycles. The van der Waals surface area contributed by atoms with E-state index in [1.165, 1.54) is 19.2 Å². The van der Waals surface area contributed by atoms with Gasteiger partial charge < -0.3 is 29.6 Å². The maximum absolute atomic E-state index is 12.5. The van der Waals surface area contributed by atoms with E-state index in [1.807, 2.05) is 19.0 Å². The van der Waals surface area contributed by atoms with E-state index in [2.05, 4.69) is 5.32 Å². The summed E-state index contributed by atoms with van der Waals surface area (Å²) in [4.78, 5) is 26.6. The molecular formula is C21H28N2O6. The highest BCUT2D eigenvalue weighted by Crippen LogP contribution is 2.37. The molecule has 2 rings (SSSR count). The number of hydrogen-bond acceptors (Lipinski definition) is 7. The van der Waals surface area contributed by atoms with Crippen LogP contribution in [-0.4, -0.2) is 55.3 Å². The normalized spacial score (nSPS) is 12.0. The molecule has 1 aromatic carbocycles. The van der Waals surface area contributed by atoms with Gasteiger partial charge in [0.1, 0.15) is 5.76 Å². The van der Waals surface area contributed by atoms with E-state index < -0.39 is 17.1 Å². The van der Waals surface area contributed by atoms with Crippen LogP contribution < -0.4 is 15.5 Å². The van der Waals surface area contributed by atoms with Crippen LogP contribution in [0.2, 0.25) is 0 Å². The number of phenols is 1. The fraction of sp³-hybridized carbons (Fsp3) is 0.429. The SMILES string of the molecule is COc1cc([C@@H](CC(=O)NCCCN(C)C)c2oc(C)cc(=O)c2O)ccc1O. The number of phenolic OH excluding ortho intramolecular Hbond substituents is 1. The highest BCUT2D eigenvalue weighted by Gasteiger charge is 2.26. The van der Waals surface area contributed by atoms with Crippen molar-refractivity contribution in [1.82, 2.24) is 10.2 Å². The molecule has 158 valence electrons. The van der Waals surface area contributed by atoms with E-state index in [1.54, 1.807) is 19.1 Å². The number of aryl methyl sites for hydroxylation is 1. The van der Waals surface area contributed by atoms with Crippen LogP contribution in [0.5, 0.6) is 17.2 Å². The van der Waals surface area contributed by atoms with Crippen LogP contribution in [0.3, 0.4) is 0 Å². The molecule has 0 radical (unpaired) electrons. The molecule has 8 heteroatoms. The zero-order chi connectivity index (χ0) is 21.6. The minimum Gasteiger partial charge on any atom is -0.504 e. The third kappa shape index (κ3) is 5.99. The molecule has 1 atom stereocenters. The molecule has 3 N–H and O–H groups in total. The first-order valence-electron chi connectivity index (χ1n) is 9.34. The van der Waals surface area contributed by atoms with Gasteiger partial charge in [0.15, 0.2) is 17.3 Å². The Labute approximate surface area is 169 Å².